The SMILES string of the molecule is COc1cccc2cc([C@H]3CC(c4ccccc4)=NN3C(C)=O)c(Cl)nc12. The second kappa shape index (κ2) is 7.00. The molecule has 6 heteroatoms. The molecule has 4 rings (SSSR count). The van der Waals surface area contributed by atoms with Crippen molar-refractivity contribution in [3.05, 3.63) is 70.9 Å². The summed E-state index contributed by atoms with van der Waals surface area (Å²) in [6, 6.07) is 17.2. The molecule has 2 heterocycles. The Balaban J connectivity index is 1.78. The number of pyridine rings is 1. The van der Waals surface area contributed by atoms with Crippen molar-refractivity contribution < 1.29 is 9.53 Å². The van der Waals surface area contributed by atoms with E-state index in [1.165, 1.54) is 11.9 Å². The van der Waals surface area contributed by atoms with Gasteiger partial charge in [0.15, 0.2) is 0 Å². The van der Waals surface area contributed by atoms with Crippen molar-refractivity contribution in [1.29, 1.82) is 0 Å². The van der Waals surface area contributed by atoms with E-state index in [4.69, 9.17) is 16.3 Å². The maximum absolute atomic E-state index is 12.2. The summed E-state index contributed by atoms with van der Waals surface area (Å²) in [5, 5.41) is 7.32. The lowest BCUT2D eigenvalue weighted by Crippen LogP contribution is -2.24. The van der Waals surface area contributed by atoms with Crippen molar-refractivity contribution in [3.8, 4) is 5.75 Å². The molecule has 1 aliphatic heterocycles. The van der Waals surface area contributed by atoms with E-state index in [0.29, 0.717) is 22.8 Å². The van der Waals surface area contributed by atoms with E-state index < -0.39 is 0 Å². The molecule has 0 aliphatic carbocycles. The first-order valence-electron chi connectivity index (χ1n) is 8.64. The first kappa shape index (κ1) is 17.5. The van der Waals surface area contributed by atoms with Crippen molar-refractivity contribution in [1.82, 2.24) is 9.99 Å². The van der Waals surface area contributed by atoms with Crippen LogP contribution in [-0.2, 0) is 4.79 Å². The first-order valence-corrected chi connectivity index (χ1v) is 9.02. The Labute approximate surface area is 162 Å². The zero-order valence-corrected chi connectivity index (χ0v) is 15.8. The highest BCUT2D eigenvalue weighted by atomic mass is 35.5. The number of amides is 1. The van der Waals surface area contributed by atoms with E-state index in [1.54, 1.807) is 7.11 Å². The minimum absolute atomic E-state index is 0.132. The Morgan fingerprint density at radius 2 is 1.96 bits per heavy atom. The van der Waals surface area contributed by atoms with Gasteiger partial charge in [-0.15, -0.1) is 0 Å². The zero-order chi connectivity index (χ0) is 19.0. The summed E-state index contributed by atoms with van der Waals surface area (Å²) in [6.45, 7) is 1.51. The van der Waals surface area contributed by atoms with Crippen molar-refractivity contribution in [2.75, 3.05) is 7.11 Å². The highest BCUT2D eigenvalue weighted by Crippen LogP contribution is 2.38. The molecule has 1 atom stereocenters. The third kappa shape index (κ3) is 3.15. The van der Waals surface area contributed by atoms with E-state index in [1.807, 2.05) is 54.6 Å². The summed E-state index contributed by atoms with van der Waals surface area (Å²) in [6.07, 6.45) is 0.584. The molecule has 0 saturated carbocycles. The lowest BCUT2D eigenvalue weighted by atomic mass is 9.98. The van der Waals surface area contributed by atoms with Crippen molar-refractivity contribution in [3.63, 3.8) is 0 Å². The molecule has 27 heavy (non-hydrogen) atoms. The maximum Gasteiger partial charge on any atom is 0.240 e. The van der Waals surface area contributed by atoms with Crippen LogP contribution in [0.4, 0.5) is 0 Å². The molecule has 136 valence electrons. The minimum Gasteiger partial charge on any atom is -0.494 e. The second-order valence-electron chi connectivity index (χ2n) is 6.40. The highest BCUT2D eigenvalue weighted by Gasteiger charge is 2.33. The number of nitrogens with zero attached hydrogens (tertiary/aromatic N) is 3. The van der Waals surface area contributed by atoms with Crippen LogP contribution in [0.5, 0.6) is 5.75 Å². The number of halogens is 1. The molecule has 0 fully saturated rings. The summed E-state index contributed by atoms with van der Waals surface area (Å²) >= 11 is 6.52. The molecule has 0 radical (unpaired) electrons. The van der Waals surface area contributed by atoms with Gasteiger partial charge in [-0.25, -0.2) is 9.99 Å². The molecular weight excluding hydrogens is 362 g/mol. The van der Waals surface area contributed by atoms with Gasteiger partial charge >= 0.3 is 0 Å². The van der Waals surface area contributed by atoms with E-state index in [9.17, 15) is 4.79 Å². The average molecular weight is 380 g/mol. The highest BCUT2D eigenvalue weighted by molar-refractivity contribution is 6.30. The van der Waals surface area contributed by atoms with Gasteiger partial charge in [-0.3, -0.25) is 4.79 Å². The molecular formula is C21H18ClN3O2. The van der Waals surface area contributed by atoms with Crippen LogP contribution >= 0.6 is 11.6 Å². The van der Waals surface area contributed by atoms with E-state index in [2.05, 4.69) is 10.1 Å². The molecule has 0 saturated heterocycles. The molecule has 2 aromatic carbocycles. The quantitative estimate of drug-likeness (QED) is 0.625. The number of fused-ring (bicyclic) bond motifs is 1. The Kier molecular flexibility index (Phi) is 4.54. The van der Waals surface area contributed by atoms with Crippen molar-refractivity contribution >= 4 is 34.1 Å². The van der Waals surface area contributed by atoms with Gasteiger partial charge in [0.05, 0.1) is 18.9 Å². The van der Waals surface area contributed by atoms with Gasteiger partial charge in [0, 0.05) is 24.3 Å². The van der Waals surface area contributed by atoms with Crippen LogP contribution in [0.2, 0.25) is 5.15 Å². The first-order chi connectivity index (χ1) is 13.1. The topological polar surface area (TPSA) is 54.8 Å². The number of rotatable bonds is 3. The van der Waals surface area contributed by atoms with E-state index in [0.717, 1.165) is 22.2 Å². The second-order valence-corrected chi connectivity index (χ2v) is 6.75. The third-order valence-corrected chi connectivity index (χ3v) is 5.01. The van der Waals surface area contributed by atoms with Gasteiger partial charge in [0.2, 0.25) is 5.91 Å². The number of carbonyl (C=O) groups is 1. The Morgan fingerprint density at radius 1 is 1.19 bits per heavy atom. The summed E-state index contributed by atoms with van der Waals surface area (Å²) in [7, 11) is 1.60. The largest absolute Gasteiger partial charge is 0.494 e. The smallest absolute Gasteiger partial charge is 0.240 e. The van der Waals surface area contributed by atoms with Gasteiger partial charge in [0.1, 0.15) is 16.4 Å². The van der Waals surface area contributed by atoms with Crippen LogP contribution in [0.3, 0.4) is 0 Å². The molecule has 1 amide bonds. The molecule has 3 aromatic rings. The molecule has 1 aliphatic rings. The normalized spacial score (nSPS) is 16.5. The fourth-order valence-corrected chi connectivity index (χ4v) is 3.68. The standard InChI is InChI=1S/C21H18ClN3O2/c1-13(26)25-18(12-17(24-25)14-7-4-3-5-8-14)16-11-15-9-6-10-19(27-2)20(15)23-21(16)22/h3-11,18H,12H2,1-2H3/t18-/m1/s1. The summed E-state index contributed by atoms with van der Waals surface area (Å²) in [5.41, 5.74) is 3.34. The van der Waals surface area contributed by atoms with Crippen LogP contribution in [0.25, 0.3) is 10.9 Å². The summed E-state index contributed by atoms with van der Waals surface area (Å²) in [4.78, 5) is 16.8. The summed E-state index contributed by atoms with van der Waals surface area (Å²) < 4.78 is 5.37. The van der Waals surface area contributed by atoms with Gasteiger partial charge in [-0.2, -0.15) is 5.10 Å². The van der Waals surface area contributed by atoms with Crippen molar-refractivity contribution in [2.24, 2.45) is 5.10 Å². The number of para-hydroxylation sites is 1. The lowest BCUT2D eigenvalue weighted by Gasteiger charge is -2.21. The summed E-state index contributed by atoms with van der Waals surface area (Å²) in [5.74, 6) is 0.532. The minimum atomic E-state index is -0.284. The predicted molar refractivity (Wildman–Crippen MR) is 106 cm³/mol. The molecule has 0 bridgehead atoms. The molecule has 0 unspecified atom stereocenters. The third-order valence-electron chi connectivity index (χ3n) is 4.71. The fraction of sp³-hybridized carbons (Fsp3) is 0.190. The fourth-order valence-electron chi connectivity index (χ4n) is 3.41. The van der Waals surface area contributed by atoms with Crippen molar-refractivity contribution in [2.45, 2.75) is 19.4 Å². The number of ether oxygens (including phenoxy) is 1. The lowest BCUT2D eigenvalue weighted by molar-refractivity contribution is -0.130. The van der Waals surface area contributed by atoms with Gasteiger partial charge in [0.25, 0.3) is 0 Å². The molecule has 5 nitrogen and oxygen atoms in total. The molecule has 0 spiro atoms. The number of hydrogen-bond acceptors (Lipinski definition) is 4. The monoisotopic (exact) mass is 379 g/mol. The predicted octanol–water partition coefficient (Wildman–Crippen LogP) is 4.59. The van der Waals surface area contributed by atoms with Crippen LogP contribution < -0.4 is 4.74 Å². The number of hydrazone groups is 1. The van der Waals surface area contributed by atoms with E-state index in [-0.39, 0.29) is 11.9 Å². The molecule has 1 aromatic heterocycles. The maximum atomic E-state index is 12.2. The number of carbonyl (C=O) groups excluding carboxylic acids is 1. The van der Waals surface area contributed by atoms with Crippen LogP contribution in [0.15, 0.2) is 59.7 Å². The average Bonchev–Trinajstić information content (AvgIpc) is 3.13. The number of benzene rings is 2. The Hall–Kier alpha value is -2.92. The number of methoxy groups -OCH3 is 1. The van der Waals surface area contributed by atoms with Gasteiger partial charge in [-0.05, 0) is 17.7 Å². The number of hydrogen-bond donors (Lipinski definition) is 0. The van der Waals surface area contributed by atoms with Gasteiger partial charge in [-0.1, -0.05) is 54.1 Å². The van der Waals surface area contributed by atoms with Crippen LogP contribution in [-0.4, -0.2) is 28.7 Å². The Bertz CT molecular complexity index is 1050. The zero-order valence-electron chi connectivity index (χ0n) is 15.0. The molecule has 0 N–H and O–H groups in total. The number of aromatic nitrogens is 1. The van der Waals surface area contributed by atoms with E-state index >= 15 is 0 Å². The van der Waals surface area contributed by atoms with Crippen LogP contribution in [0, 0.1) is 0 Å². The van der Waals surface area contributed by atoms with Gasteiger partial charge < -0.3 is 4.74 Å². The van der Waals surface area contributed by atoms with Crippen LogP contribution in [0.1, 0.15) is 30.5 Å². The Morgan fingerprint density at radius 3 is 2.67 bits per heavy atom.